The summed E-state index contributed by atoms with van der Waals surface area (Å²) >= 11 is 0. The van der Waals surface area contributed by atoms with Crippen molar-refractivity contribution in [1.29, 1.82) is 0 Å². The molecule has 0 fully saturated rings. The van der Waals surface area contributed by atoms with Crippen molar-refractivity contribution in [2.24, 2.45) is 0 Å². The zero-order chi connectivity index (χ0) is 29.1. The third-order valence-corrected chi connectivity index (χ3v) is 7.99. The Balaban J connectivity index is 1.64. The molecule has 0 aliphatic rings. The molecule has 2 N–H and O–H groups in total. The molecular weight excluding hydrogens is 496 g/mol. The van der Waals surface area contributed by atoms with E-state index in [0.717, 1.165) is 55.6 Å². The van der Waals surface area contributed by atoms with Crippen molar-refractivity contribution in [2.75, 3.05) is 14.2 Å². The molecule has 0 amide bonds. The van der Waals surface area contributed by atoms with Gasteiger partial charge in [0.2, 0.25) is 0 Å². The van der Waals surface area contributed by atoms with Crippen LogP contribution < -0.4 is 0 Å². The van der Waals surface area contributed by atoms with Crippen molar-refractivity contribution in [1.82, 2.24) is 0 Å². The number of rotatable bonds is 9. The fourth-order valence-corrected chi connectivity index (χ4v) is 6.29. The third kappa shape index (κ3) is 5.94. The Bertz CT molecular complexity index is 1360. The lowest BCUT2D eigenvalue weighted by Crippen LogP contribution is -2.34. The molecule has 0 spiro atoms. The number of para-hydroxylation sites is 2. The summed E-state index contributed by atoms with van der Waals surface area (Å²) in [7, 11) is 3.34. The van der Waals surface area contributed by atoms with Gasteiger partial charge >= 0.3 is 0 Å². The second kappa shape index (κ2) is 12.3. The van der Waals surface area contributed by atoms with Gasteiger partial charge in [-0.2, -0.15) is 0 Å². The topological polar surface area (TPSA) is 58.9 Å². The highest BCUT2D eigenvalue weighted by atomic mass is 16.5. The van der Waals surface area contributed by atoms with E-state index in [2.05, 4.69) is 65.8 Å². The fourth-order valence-electron chi connectivity index (χ4n) is 6.29. The van der Waals surface area contributed by atoms with Crippen molar-refractivity contribution in [3.63, 3.8) is 0 Å². The monoisotopic (exact) mass is 538 g/mol. The number of aromatic hydroxyl groups is 2. The van der Waals surface area contributed by atoms with Crippen LogP contribution in [-0.2, 0) is 22.3 Å². The average molecular weight is 539 g/mol. The first-order valence-electron chi connectivity index (χ1n) is 13.9. The van der Waals surface area contributed by atoms with E-state index in [9.17, 15) is 10.2 Å². The van der Waals surface area contributed by atoms with Gasteiger partial charge in [-0.1, -0.05) is 71.8 Å². The highest BCUT2D eigenvalue weighted by Gasteiger charge is 2.26. The molecule has 0 radical (unpaired) electrons. The van der Waals surface area contributed by atoms with Gasteiger partial charge in [0.05, 0.1) is 12.2 Å². The van der Waals surface area contributed by atoms with Crippen molar-refractivity contribution in [3.8, 4) is 33.8 Å². The highest BCUT2D eigenvalue weighted by Crippen LogP contribution is 2.39. The minimum Gasteiger partial charge on any atom is -0.507 e. The minimum absolute atomic E-state index is 0.268. The van der Waals surface area contributed by atoms with Crippen LogP contribution in [0.5, 0.6) is 11.5 Å². The smallest absolute Gasteiger partial charge is 0.126 e. The molecule has 0 heterocycles. The fraction of sp³-hybridized carbons (Fsp3) is 0.333. The molecule has 0 aliphatic heterocycles. The van der Waals surface area contributed by atoms with Gasteiger partial charge in [-0.15, -0.1) is 0 Å². The second-order valence-electron chi connectivity index (χ2n) is 11.1. The maximum atomic E-state index is 11.4. The van der Waals surface area contributed by atoms with Crippen LogP contribution >= 0.6 is 0 Å². The van der Waals surface area contributed by atoms with E-state index in [-0.39, 0.29) is 23.7 Å². The van der Waals surface area contributed by atoms with E-state index in [1.165, 1.54) is 11.1 Å². The maximum absolute atomic E-state index is 11.4. The summed E-state index contributed by atoms with van der Waals surface area (Å²) in [6.45, 7) is 12.5. The molecule has 210 valence electrons. The maximum Gasteiger partial charge on any atom is 0.126 e. The molecule has 0 bridgehead atoms. The zero-order valence-corrected chi connectivity index (χ0v) is 25.1. The first kappa shape index (κ1) is 29.4. The van der Waals surface area contributed by atoms with E-state index < -0.39 is 0 Å². The first-order valence-corrected chi connectivity index (χ1v) is 13.9. The standard InChI is InChI=1S/C36H42O4/c1-21-15-23(3)33(24(4)16-21)29-13-9-11-27(35(29)37)19-31(39-7)32(40-8)20-28-12-10-14-30(36(28)38)34-25(5)17-22(2)18-26(34)6/h9-18,31-32,37-38H,19-20H2,1-8H3/t31-,32-/m1/s1. The lowest BCUT2D eigenvalue weighted by Gasteiger charge is -2.26. The summed E-state index contributed by atoms with van der Waals surface area (Å²) < 4.78 is 11.9. The van der Waals surface area contributed by atoms with Crippen molar-refractivity contribution >= 4 is 0 Å². The van der Waals surface area contributed by atoms with E-state index in [1.54, 1.807) is 14.2 Å². The molecule has 4 rings (SSSR count). The van der Waals surface area contributed by atoms with Gasteiger partial charge in [-0.25, -0.2) is 0 Å². The van der Waals surface area contributed by atoms with Gasteiger partial charge in [0.1, 0.15) is 11.5 Å². The van der Waals surface area contributed by atoms with Gasteiger partial charge in [0.15, 0.2) is 0 Å². The van der Waals surface area contributed by atoms with Gasteiger partial charge in [0.25, 0.3) is 0 Å². The quantitative estimate of drug-likeness (QED) is 0.226. The van der Waals surface area contributed by atoms with E-state index in [1.807, 2.05) is 36.4 Å². The molecule has 4 heteroatoms. The Morgan fingerprint density at radius 1 is 0.550 bits per heavy atom. The lowest BCUT2D eigenvalue weighted by molar-refractivity contribution is -0.0350. The molecule has 0 saturated carbocycles. The minimum atomic E-state index is -0.336. The molecular formula is C36H42O4. The number of phenols is 2. The number of aryl methyl sites for hydroxylation is 6. The highest BCUT2D eigenvalue weighted by molar-refractivity contribution is 5.78. The number of methoxy groups -OCH3 is 2. The van der Waals surface area contributed by atoms with E-state index in [0.29, 0.717) is 12.8 Å². The van der Waals surface area contributed by atoms with Gasteiger partial charge < -0.3 is 19.7 Å². The molecule has 4 aromatic carbocycles. The number of hydrogen-bond donors (Lipinski definition) is 2. The van der Waals surface area contributed by atoms with Crippen LogP contribution in [0.1, 0.15) is 44.5 Å². The molecule has 40 heavy (non-hydrogen) atoms. The normalized spacial score (nSPS) is 12.9. The molecule has 0 aliphatic carbocycles. The van der Waals surface area contributed by atoms with Crippen molar-refractivity contribution < 1.29 is 19.7 Å². The molecule has 0 unspecified atom stereocenters. The van der Waals surface area contributed by atoms with Crippen molar-refractivity contribution in [2.45, 2.75) is 66.6 Å². The molecule has 0 saturated heterocycles. The van der Waals surface area contributed by atoms with Crippen molar-refractivity contribution in [3.05, 3.63) is 105 Å². The SMILES string of the molecule is CO[C@H](Cc1cccc(-c2c(C)cc(C)cc2C)c1O)[C@@H](Cc1cccc(-c2c(C)cc(C)cc2C)c1O)OC. The molecule has 2 atom stereocenters. The largest absolute Gasteiger partial charge is 0.507 e. The Morgan fingerprint density at radius 2 is 0.875 bits per heavy atom. The summed E-state index contributed by atoms with van der Waals surface area (Å²) in [5, 5.41) is 22.8. The Hall–Kier alpha value is -3.60. The van der Waals surface area contributed by atoms with Gasteiger partial charge in [-0.05, 0) is 86.1 Å². The lowest BCUT2D eigenvalue weighted by atomic mass is 9.89. The van der Waals surface area contributed by atoms with Crippen LogP contribution in [0.2, 0.25) is 0 Å². The molecule has 4 nitrogen and oxygen atoms in total. The first-order chi connectivity index (χ1) is 19.0. The van der Waals surface area contributed by atoms with Crippen LogP contribution in [0.25, 0.3) is 22.3 Å². The van der Waals surface area contributed by atoms with Crippen LogP contribution in [0, 0.1) is 41.5 Å². The Kier molecular flexibility index (Phi) is 9.02. The van der Waals surface area contributed by atoms with Gasteiger partial charge in [0, 0.05) is 38.2 Å². The number of benzene rings is 4. The van der Waals surface area contributed by atoms with Gasteiger partial charge in [-0.3, -0.25) is 0 Å². The molecule has 4 aromatic rings. The molecule has 0 aromatic heterocycles. The zero-order valence-electron chi connectivity index (χ0n) is 25.1. The number of ether oxygens (including phenoxy) is 2. The summed E-state index contributed by atoms with van der Waals surface area (Å²) in [4.78, 5) is 0. The third-order valence-electron chi connectivity index (χ3n) is 7.99. The average Bonchev–Trinajstić information content (AvgIpc) is 2.88. The Morgan fingerprint density at radius 3 is 1.18 bits per heavy atom. The summed E-state index contributed by atoms with van der Waals surface area (Å²) in [6.07, 6.45) is 0.263. The summed E-state index contributed by atoms with van der Waals surface area (Å²) in [5.41, 5.74) is 12.3. The van der Waals surface area contributed by atoms with E-state index >= 15 is 0 Å². The predicted molar refractivity (Wildman–Crippen MR) is 165 cm³/mol. The number of hydrogen-bond acceptors (Lipinski definition) is 4. The Labute approximate surface area is 239 Å². The van der Waals surface area contributed by atoms with Crippen LogP contribution in [-0.4, -0.2) is 36.6 Å². The second-order valence-corrected chi connectivity index (χ2v) is 11.1. The van der Waals surface area contributed by atoms with Crippen LogP contribution in [0.15, 0.2) is 60.7 Å². The summed E-state index contributed by atoms with van der Waals surface area (Å²) in [5.74, 6) is 0.536. The summed E-state index contributed by atoms with van der Waals surface area (Å²) in [6, 6.07) is 20.4. The van der Waals surface area contributed by atoms with E-state index in [4.69, 9.17) is 9.47 Å². The van der Waals surface area contributed by atoms with Crippen LogP contribution in [0.3, 0.4) is 0 Å². The number of phenolic OH excluding ortho intramolecular Hbond substituents is 2. The predicted octanol–water partition coefficient (Wildman–Crippen LogP) is 8.10. The van der Waals surface area contributed by atoms with Crippen LogP contribution in [0.4, 0.5) is 0 Å².